The van der Waals surface area contributed by atoms with Crippen LogP contribution in [0, 0.1) is 0 Å². The fourth-order valence-corrected chi connectivity index (χ4v) is 3.30. The molecule has 0 bridgehead atoms. The third-order valence-corrected chi connectivity index (χ3v) is 5.11. The van der Waals surface area contributed by atoms with E-state index in [9.17, 15) is 9.90 Å². The lowest BCUT2D eigenvalue weighted by Crippen LogP contribution is -2.49. The molecule has 1 aromatic rings. The van der Waals surface area contributed by atoms with Crippen molar-refractivity contribution in [1.29, 1.82) is 0 Å². The molecule has 1 aliphatic carbocycles. The molecule has 2 N–H and O–H groups in total. The van der Waals surface area contributed by atoms with E-state index in [2.05, 4.69) is 17.4 Å². The van der Waals surface area contributed by atoms with Gasteiger partial charge in [-0.3, -0.25) is 4.79 Å². The largest absolute Gasteiger partial charge is 0.388 e. The summed E-state index contributed by atoms with van der Waals surface area (Å²) in [6, 6.07) is 10.1. The fraction of sp³-hybridized carbons (Fsp3) is 0.611. The first-order chi connectivity index (χ1) is 10.1. The zero-order chi connectivity index (χ0) is 15.3. The summed E-state index contributed by atoms with van der Waals surface area (Å²) in [7, 11) is 0. The van der Waals surface area contributed by atoms with Gasteiger partial charge in [0.05, 0.1) is 11.0 Å². The van der Waals surface area contributed by atoms with Gasteiger partial charge in [0.25, 0.3) is 0 Å². The molecule has 0 aliphatic heterocycles. The quantitative estimate of drug-likeness (QED) is 0.845. The van der Waals surface area contributed by atoms with E-state index in [0.717, 1.165) is 31.2 Å². The Kier molecular flexibility index (Phi) is 5.04. The summed E-state index contributed by atoms with van der Waals surface area (Å²) in [5.74, 6) is 0.0755. The molecule has 0 heterocycles. The molecular weight excluding hydrogens is 262 g/mol. The molecule has 21 heavy (non-hydrogen) atoms. The van der Waals surface area contributed by atoms with Crippen molar-refractivity contribution in [3.8, 4) is 0 Å². The van der Waals surface area contributed by atoms with Crippen LogP contribution in [-0.2, 0) is 10.2 Å². The number of hydrogen-bond acceptors (Lipinski definition) is 2. The van der Waals surface area contributed by atoms with Crippen molar-refractivity contribution in [1.82, 2.24) is 5.32 Å². The molecule has 0 radical (unpaired) electrons. The smallest absolute Gasteiger partial charge is 0.230 e. The van der Waals surface area contributed by atoms with Crippen LogP contribution in [0.15, 0.2) is 30.3 Å². The first-order valence-electron chi connectivity index (χ1n) is 8.12. The van der Waals surface area contributed by atoms with Crippen molar-refractivity contribution in [2.24, 2.45) is 0 Å². The summed E-state index contributed by atoms with van der Waals surface area (Å²) in [5.41, 5.74) is -0.0768. The zero-order valence-electron chi connectivity index (χ0n) is 13.2. The normalized spacial score (nSPS) is 17.7. The molecule has 1 saturated carbocycles. The monoisotopic (exact) mass is 289 g/mol. The molecule has 1 aromatic carbocycles. The van der Waals surface area contributed by atoms with Crippen molar-refractivity contribution in [2.75, 3.05) is 6.54 Å². The van der Waals surface area contributed by atoms with E-state index in [-0.39, 0.29) is 5.91 Å². The van der Waals surface area contributed by atoms with Crippen LogP contribution in [0.25, 0.3) is 0 Å². The second kappa shape index (κ2) is 6.61. The van der Waals surface area contributed by atoms with E-state index >= 15 is 0 Å². The maximum atomic E-state index is 12.8. The Bertz CT molecular complexity index is 459. The number of hydrogen-bond donors (Lipinski definition) is 2. The molecule has 0 spiro atoms. The van der Waals surface area contributed by atoms with Crippen molar-refractivity contribution < 1.29 is 9.90 Å². The minimum absolute atomic E-state index is 0.0755. The SMILES string of the molecule is CCC(O)(CC)CNC(=O)C1(c2ccccc2)CCCC1. The number of aliphatic hydroxyl groups is 1. The Balaban J connectivity index is 2.14. The van der Waals surface area contributed by atoms with Gasteiger partial charge in [-0.05, 0) is 31.2 Å². The first-order valence-corrected chi connectivity index (χ1v) is 8.12. The van der Waals surface area contributed by atoms with Crippen LogP contribution < -0.4 is 5.32 Å². The van der Waals surface area contributed by atoms with E-state index in [1.165, 1.54) is 0 Å². The lowest BCUT2D eigenvalue weighted by atomic mass is 9.78. The predicted octanol–water partition coefficient (Wildman–Crippen LogP) is 3.17. The minimum atomic E-state index is -0.786. The van der Waals surface area contributed by atoms with Gasteiger partial charge in [0, 0.05) is 6.54 Å². The van der Waals surface area contributed by atoms with Crippen molar-refractivity contribution >= 4 is 5.91 Å². The highest BCUT2D eigenvalue weighted by molar-refractivity contribution is 5.88. The molecule has 116 valence electrons. The molecule has 3 nitrogen and oxygen atoms in total. The summed E-state index contributed by atoms with van der Waals surface area (Å²) in [6.45, 7) is 4.25. The van der Waals surface area contributed by atoms with Crippen molar-refractivity contribution in [3.63, 3.8) is 0 Å². The topological polar surface area (TPSA) is 49.3 Å². The van der Waals surface area contributed by atoms with Crippen LogP contribution in [-0.4, -0.2) is 23.2 Å². The Hall–Kier alpha value is -1.35. The third-order valence-electron chi connectivity index (χ3n) is 5.11. The summed E-state index contributed by atoms with van der Waals surface area (Å²) in [4.78, 5) is 12.8. The van der Waals surface area contributed by atoms with Gasteiger partial charge in [-0.2, -0.15) is 0 Å². The van der Waals surface area contributed by atoms with Gasteiger partial charge >= 0.3 is 0 Å². The zero-order valence-corrected chi connectivity index (χ0v) is 13.2. The summed E-state index contributed by atoms with van der Waals surface area (Å²) >= 11 is 0. The van der Waals surface area contributed by atoms with Gasteiger partial charge in [-0.15, -0.1) is 0 Å². The molecule has 1 amide bonds. The first kappa shape index (κ1) is 16.0. The summed E-state index contributed by atoms with van der Waals surface area (Å²) in [6.07, 6.45) is 5.30. The Morgan fingerprint density at radius 2 is 1.76 bits per heavy atom. The number of carbonyl (C=O) groups is 1. The van der Waals surface area contributed by atoms with Crippen LogP contribution in [0.2, 0.25) is 0 Å². The lowest BCUT2D eigenvalue weighted by Gasteiger charge is -2.31. The number of nitrogens with one attached hydrogen (secondary N) is 1. The van der Waals surface area contributed by atoms with Crippen LogP contribution in [0.5, 0.6) is 0 Å². The maximum Gasteiger partial charge on any atom is 0.230 e. The lowest BCUT2D eigenvalue weighted by molar-refractivity contribution is -0.128. The minimum Gasteiger partial charge on any atom is -0.388 e. The van der Waals surface area contributed by atoms with Crippen LogP contribution >= 0.6 is 0 Å². The Morgan fingerprint density at radius 3 is 2.29 bits per heavy atom. The molecule has 3 heteroatoms. The molecule has 0 unspecified atom stereocenters. The van der Waals surface area contributed by atoms with Gasteiger partial charge in [0.1, 0.15) is 0 Å². The highest BCUT2D eigenvalue weighted by atomic mass is 16.3. The molecule has 0 aromatic heterocycles. The highest BCUT2D eigenvalue weighted by Gasteiger charge is 2.43. The predicted molar refractivity (Wildman–Crippen MR) is 85.1 cm³/mol. The summed E-state index contributed by atoms with van der Waals surface area (Å²) in [5, 5.41) is 13.4. The number of amides is 1. The second-order valence-corrected chi connectivity index (χ2v) is 6.27. The standard InChI is InChI=1S/C18H27NO2/c1-3-17(21,4-2)14-19-16(20)18(12-8-9-13-18)15-10-6-5-7-11-15/h5-7,10-11,21H,3-4,8-9,12-14H2,1-2H3,(H,19,20). The molecular formula is C18H27NO2. The Morgan fingerprint density at radius 1 is 1.19 bits per heavy atom. The van der Waals surface area contributed by atoms with Gasteiger partial charge < -0.3 is 10.4 Å². The molecule has 1 fully saturated rings. The second-order valence-electron chi connectivity index (χ2n) is 6.27. The van der Waals surface area contributed by atoms with Gasteiger partial charge in [-0.1, -0.05) is 57.0 Å². The maximum absolute atomic E-state index is 12.8. The van der Waals surface area contributed by atoms with Crippen molar-refractivity contribution in [3.05, 3.63) is 35.9 Å². The van der Waals surface area contributed by atoms with E-state index < -0.39 is 11.0 Å². The van der Waals surface area contributed by atoms with Gasteiger partial charge in [-0.25, -0.2) is 0 Å². The fourth-order valence-electron chi connectivity index (χ4n) is 3.30. The number of benzene rings is 1. The van der Waals surface area contributed by atoms with Crippen molar-refractivity contribution in [2.45, 2.75) is 63.4 Å². The van der Waals surface area contributed by atoms with E-state index in [0.29, 0.717) is 19.4 Å². The number of rotatable bonds is 6. The molecule has 1 aliphatic rings. The van der Waals surface area contributed by atoms with E-state index in [4.69, 9.17) is 0 Å². The average molecular weight is 289 g/mol. The van der Waals surface area contributed by atoms with E-state index in [1.807, 2.05) is 32.0 Å². The number of carbonyl (C=O) groups excluding carboxylic acids is 1. The van der Waals surface area contributed by atoms with Crippen LogP contribution in [0.3, 0.4) is 0 Å². The van der Waals surface area contributed by atoms with Crippen LogP contribution in [0.4, 0.5) is 0 Å². The van der Waals surface area contributed by atoms with E-state index in [1.54, 1.807) is 0 Å². The average Bonchev–Trinajstić information content (AvgIpc) is 3.04. The summed E-state index contributed by atoms with van der Waals surface area (Å²) < 4.78 is 0. The highest BCUT2D eigenvalue weighted by Crippen LogP contribution is 2.41. The molecule has 0 saturated heterocycles. The molecule has 2 rings (SSSR count). The van der Waals surface area contributed by atoms with Crippen LogP contribution in [0.1, 0.15) is 57.9 Å². The van der Waals surface area contributed by atoms with Gasteiger partial charge in [0.15, 0.2) is 0 Å². The molecule has 0 atom stereocenters. The van der Waals surface area contributed by atoms with Gasteiger partial charge in [0.2, 0.25) is 5.91 Å². The third kappa shape index (κ3) is 3.29. The Labute approximate surface area is 127 Å².